The molecule has 0 heterocycles. The highest BCUT2D eigenvalue weighted by Gasteiger charge is 2.01. The second-order valence-electron chi connectivity index (χ2n) is 2.54. The van der Waals surface area contributed by atoms with Crippen LogP contribution in [0.3, 0.4) is 0 Å². The van der Waals surface area contributed by atoms with E-state index >= 15 is 0 Å². The van der Waals surface area contributed by atoms with Crippen LogP contribution in [-0.2, 0) is 4.79 Å². The lowest BCUT2D eigenvalue weighted by Gasteiger charge is -2.10. The second-order valence-corrected chi connectivity index (χ2v) is 2.54. The molecule has 0 aliphatic heterocycles. The van der Waals surface area contributed by atoms with Crippen LogP contribution in [0.2, 0.25) is 0 Å². The molecule has 0 saturated heterocycles. The standard InChI is InChI=1S/C6H13N5O3/c7-4(5(12)13)2-1-3-9-6(8)10-11-14/h4H,1-3,7H2,(H,12,13)(H3,8,9,10,14)/p-1. The van der Waals surface area contributed by atoms with E-state index in [4.69, 9.17) is 11.5 Å². The molecule has 8 heteroatoms. The Morgan fingerprint density at radius 3 is 2.71 bits per heavy atom. The van der Waals surface area contributed by atoms with Gasteiger partial charge in [0.1, 0.15) is 0 Å². The Bertz CT molecular complexity index is 230. The van der Waals surface area contributed by atoms with E-state index in [9.17, 15) is 14.8 Å². The van der Waals surface area contributed by atoms with Gasteiger partial charge in [-0.1, -0.05) is 0 Å². The van der Waals surface area contributed by atoms with E-state index in [1.54, 1.807) is 0 Å². The molecular weight excluding hydrogens is 190 g/mol. The maximum absolute atomic E-state index is 10.2. The summed E-state index contributed by atoms with van der Waals surface area (Å²) in [5.41, 5.74) is 12.2. The lowest BCUT2D eigenvalue weighted by molar-refractivity contribution is -0.307. The van der Waals surface area contributed by atoms with Crippen LogP contribution in [0.5, 0.6) is 0 Å². The van der Waals surface area contributed by atoms with Crippen molar-refractivity contribution in [2.24, 2.45) is 21.7 Å². The molecule has 0 spiro atoms. The molecule has 5 N–H and O–H groups in total. The second kappa shape index (κ2) is 6.78. The number of hydrogen-bond donors (Lipinski definition) is 3. The summed E-state index contributed by atoms with van der Waals surface area (Å²) in [7, 11) is 0. The predicted octanol–water partition coefficient (Wildman–Crippen LogP) is -2.57. The fourth-order valence-corrected chi connectivity index (χ4v) is 0.711. The van der Waals surface area contributed by atoms with Gasteiger partial charge in [-0.3, -0.25) is 4.99 Å². The maximum atomic E-state index is 10.2. The lowest BCUT2D eigenvalue weighted by atomic mass is 10.2. The van der Waals surface area contributed by atoms with Gasteiger partial charge in [0.25, 0.3) is 0 Å². The number of aliphatic imine (C=N–C) groups is 1. The van der Waals surface area contributed by atoms with Crippen molar-refractivity contribution in [3.8, 4) is 0 Å². The van der Waals surface area contributed by atoms with Crippen molar-refractivity contribution in [2.45, 2.75) is 18.9 Å². The third-order valence-electron chi connectivity index (χ3n) is 1.42. The predicted molar refractivity (Wildman–Crippen MR) is 47.6 cm³/mol. The fraction of sp³-hybridized carbons (Fsp3) is 0.667. The molecule has 80 valence electrons. The average molecular weight is 202 g/mol. The average Bonchev–Trinajstić information content (AvgIpc) is 2.12. The molecule has 0 aliphatic carbocycles. The first kappa shape index (κ1) is 12.3. The largest absolute Gasteiger partial charge is 0.548 e. The van der Waals surface area contributed by atoms with Gasteiger partial charge in [0.2, 0.25) is 5.96 Å². The molecular formula is C6H12N5O3-. The summed E-state index contributed by atoms with van der Waals surface area (Å²) in [6.45, 7) is 0.273. The number of carboxylic acid groups (broad SMARTS) is 1. The Kier molecular flexibility index (Phi) is 5.95. The van der Waals surface area contributed by atoms with E-state index in [1.165, 1.54) is 0 Å². The van der Waals surface area contributed by atoms with Crippen LogP contribution in [0.1, 0.15) is 12.8 Å². The van der Waals surface area contributed by atoms with Crippen molar-refractivity contribution >= 4 is 11.9 Å². The minimum absolute atomic E-state index is 0.109. The Hall–Kier alpha value is -1.70. The van der Waals surface area contributed by atoms with E-state index in [-0.39, 0.29) is 18.9 Å². The molecule has 1 atom stereocenters. The molecule has 0 radical (unpaired) electrons. The number of nitrogens with one attached hydrogen (secondary N) is 1. The molecule has 0 aliphatic rings. The van der Waals surface area contributed by atoms with Gasteiger partial charge in [0, 0.05) is 12.6 Å². The summed E-state index contributed by atoms with van der Waals surface area (Å²) in [5, 5.41) is 12.5. The third kappa shape index (κ3) is 5.89. The van der Waals surface area contributed by atoms with Gasteiger partial charge < -0.3 is 21.4 Å². The van der Waals surface area contributed by atoms with Crippen molar-refractivity contribution < 1.29 is 9.90 Å². The van der Waals surface area contributed by atoms with Crippen LogP contribution in [0, 0.1) is 4.91 Å². The van der Waals surface area contributed by atoms with Crippen LogP contribution in [0.15, 0.2) is 10.3 Å². The Labute approximate surface area is 80.3 Å². The zero-order valence-corrected chi connectivity index (χ0v) is 7.47. The molecule has 0 amide bonds. The lowest BCUT2D eigenvalue weighted by Crippen LogP contribution is -2.41. The smallest absolute Gasteiger partial charge is 0.212 e. The highest BCUT2D eigenvalue weighted by Crippen LogP contribution is 1.93. The van der Waals surface area contributed by atoms with Gasteiger partial charge in [-0.15, -0.1) is 4.91 Å². The van der Waals surface area contributed by atoms with Crippen LogP contribution in [-0.4, -0.2) is 24.5 Å². The number of rotatable bonds is 6. The fourth-order valence-electron chi connectivity index (χ4n) is 0.711. The Morgan fingerprint density at radius 2 is 2.21 bits per heavy atom. The Morgan fingerprint density at radius 1 is 1.57 bits per heavy atom. The number of nitroso groups, excluding NO2 is 1. The number of hydrogen-bond acceptors (Lipinski definition) is 6. The molecule has 0 fully saturated rings. The van der Waals surface area contributed by atoms with Gasteiger partial charge in [0.15, 0.2) is 0 Å². The summed E-state index contributed by atoms with van der Waals surface area (Å²) in [6, 6.07) is -0.997. The summed E-state index contributed by atoms with van der Waals surface area (Å²) in [4.78, 5) is 23.4. The van der Waals surface area contributed by atoms with Crippen molar-refractivity contribution in [1.82, 2.24) is 5.43 Å². The zero-order valence-electron chi connectivity index (χ0n) is 7.47. The number of aliphatic carboxylic acids is 1. The quantitative estimate of drug-likeness (QED) is 0.142. The van der Waals surface area contributed by atoms with Gasteiger partial charge in [-0.05, 0) is 12.8 Å². The summed E-state index contributed by atoms with van der Waals surface area (Å²) in [5.74, 6) is -1.41. The Balaban J connectivity index is 3.59. The number of nitrogens with zero attached hydrogens (tertiary/aromatic N) is 2. The van der Waals surface area contributed by atoms with E-state index in [0.29, 0.717) is 6.42 Å². The molecule has 0 saturated carbocycles. The minimum Gasteiger partial charge on any atom is -0.548 e. The highest BCUT2D eigenvalue weighted by atomic mass is 16.4. The first-order valence-electron chi connectivity index (χ1n) is 3.92. The van der Waals surface area contributed by atoms with Gasteiger partial charge in [-0.25, -0.2) is 5.43 Å². The first-order valence-corrected chi connectivity index (χ1v) is 3.92. The van der Waals surface area contributed by atoms with E-state index in [1.807, 2.05) is 5.43 Å². The maximum Gasteiger partial charge on any atom is 0.212 e. The molecule has 0 bridgehead atoms. The minimum atomic E-state index is -1.30. The number of carboxylic acids is 1. The summed E-state index contributed by atoms with van der Waals surface area (Å²) >= 11 is 0. The molecule has 1 unspecified atom stereocenters. The number of nitrogens with two attached hydrogens (primary N) is 2. The van der Waals surface area contributed by atoms with Gasteiger partial charge >= 0.3 is 0 Å². The van der Waals surface area contributed by atoms with Crippen molar-refractivity contribution in [1.29, 1.82) is 0 Å². The summed E-state index contributed by atoms with van der Waals surface area (Å²) < 4.78 is 0. The van der Waals surface area contributed by atoms with E-state index in [2.05, 4.69) is 10.3 Å². The SMILES string of the molecule is NC(=NCCCC(N)C(=O)[O-])NN=O. The van der Waals surface area contributed by atoms with Crippen LogP contribution >= 0.6 is 0 Å². The third-order valence-corrected chi connectivity index (χ3v) is 1.42. The number of carbonyl (C=O) groups excluding carboxylic acids is 1. The van der Waals surface area contributed by atoms with Gasteiger partial charge in [0.05, 0.1) is 11.3 Å². The molecule has 14 heavy (non-hydrogen) atoms. The van der Waals surface area contributed by atoms with Crippen LogP contribution < -0.4 is 22.0 Å². The molecule has 0 aromatic carbocycles. The van der Waals surface area contributed by atoms with Gasteiger partial charge in [-0.2, -0.15) is 0 Å². The number of carbonyl (C=O) groups is 1. The number of guanidine groups is 1. The zero-order chi connectivity index (χ0) is 11.0. The van der Waals surface area contributed by atoms with Crippen LogP contribution in [0.4, 0.5) is 0 Å². The molecule has 0 rings (SSSR count). The van der Waals surface area contributed by atoms with Crippen molar-refractivity contribution in [3.63, 3.8) is 0 Å². The van der Waals surface area contributed by atoms with E-state index < -0.39 is 12.0 Å². The molecule has 0 aromatic rings. The highest BCUT2D eigenvalue weighted by molar-refractivity contribution is 5.77. The van der Waals surface area contributed by atoms with Crippen molar-refractivity contribution in [2.75, 3.05) is 6.54 Å². The summed E-state index contributed by atoms with van der Waals surface area (Å²) in [6.07, 6.45) is 0.685. The molecule has 0 aromatic heterocycles. The van der Waals surface area contributed by atoms with E-state index in [0.717, 1.165) is 0 Å². The monoisotopic (exact) mass is 202 g/mol. The molecule has 8 nitrogen and oxygen atoms in total. The normalized spacial score (nSPS) is 13.4. The topological polar surface area (TPSA) is 146 Å². The van der Waals surface area contributed by atoms with Crippen LogP contribution in [0.25, 0.3) is 0 Å². The van der Waals surface area contributed by atoms with Crippen molar-refractivity contribution in [3.05, 3.63) is 4.91 Å². The first-order chi connectivity index (χ1) is 6.57.